The van der Waals surface area contributed by atoms with E-state index in [1.54, 1.807) is 18.2 Å². The molecule has 3 atom stereocenters. The Kier molecular flexibility index (Phi) is 8.60. The summed E-state index contributed by atoms with van der Waals surface area (Å²) >= 11 is 0. The monoisotopic (exact) mass is 639 g/mol. The van der Waals surface area contributed by atoms with E-state index in [0.717, 1.165) is 38.5 Å². The van der Waals surface area contributed by atoms with Gasteiger partial charge in [-0.05, 0) is 49.4 Å². The SMILES string of the molecule is C[C@H]1CN(c2ccc(Nc3ncnc(-c4ccc(O[C@H]5CCN(C(=O)c6cn[nH]n6)C[C@H]5F)c(C#N)c4)n3)cc2)CCN1C1COC1. The van der Waals surface area contributed by atoms with E-state index >= 15 is 4.39 Å². The molecule has 0 bridgehead atoms. The van der Waals surface area contributed by atoms with Crippen LogP contribution in [0, 0.1) is 11.3 Å². The molecule has 3 saturated heterocycles. The number of alkyl halides is 1. The van der Waals surface area contributed by atoms with Crippen LogP contribution in [-0.4, -0.2) is 116 Å². The van der Waals surface area contributed by atoms with Gasteiger partial charge in [0.15, 0.2) is 17.7 Å². The molecular formula is C32H34FN11O3. The summed E-state index contributed by atoms with van der Waals surface area (Å²) in [4.78, 5) is 32.0. The van der Waals surface area contributed by atoms with E-state index in [0.29, 0.717) is 29.4 Å². The van der Waals surface area contributed by atoms with Gasteiger partial charge in [0, 0.05) is 55.6 Å². The molecule has 0 aliphatic carbocycles. The highest BCUT2D eigenvalue weighted by atomic mass is 19.1. The van der Waals surface area contributed by atoms with Crippen LogP contribution in [-0.2, 0) is 4.74 Å². The number of rotatable bonds is 8. The summed E-state index contributed by atoms with van der Waals surface area (Å²) < 4.78 is 26.4. The van der Waals surface area contributed by atoms with Gasteiger partial charge < -0.3 is 24.6 Å². The second kappa shape index (κ2) is 13.3. The first-order valence-corrected chi connectivity index (χ1v) is 15.6. The van der Waals surface area contributed by atoms with E-state index in [-0.39, 0.29) is 36.5 Å². The Hall–Kier alpha value is -5.20. The normalized spacial score (nSPS) is 21.9. The Labute approximate surface area is 270 Å². The molecule has 5 heterocycles. The quantitative estimate of drug-likeness (QED) is 0.291. The largest absolute Gasteiger partial charge is 0.486 e. The number of nitriles is 1. The number of piperidine rings is 1. The molecule has 1 amide bonds. The summed E-state index contributed by atoms with van der Waals surface area (Å²) in [6, 6.07) is 16.3. The number of aromatic amines is 1. The van der Waals surface area contributed by atoms with Gasteiger partial charge in [-0.15, -0.1) is 0 Å². The first-order chi connectivity index (χ1) is 22.9. The number of anilines is 3. The minimum absolute atomic E-state index is 0.128. The van der Waals surface area contributed by atoms with Crippen LogP contribution in [0.15, 0.2) is 55.0 Å². The van der Waals surface area contributed by atoms with Crippen molar-refractivity contribution in [3.8, 4) is 23.2 Å². The van der Waals surface area contributed by atoms with E-state index in [2.05, 4.69) is 70.6 Å². The van der Waals surface area contributed by atoms with E-state index in [4.69, 9.17) is 9.47 Å². The molecule has 0 spiro atoms. The predicted octanol–water partition coefficient (Wildman–Crippen LogP) is 2.81. The summed E-state index contributed by atoms with van der Waals surface area (Å²) in [6.45, 7) is 7.04. The van der Waals surface area contributed by atoms with Crippen LogP contribution >= 0.6 is 0 Å². The number of nitrogens with zero attached hydrogens (tertiary/aromatic N) is 9. The van der Waals surface area contributed by atoms with Gasteiger partial charge in [-0.3, -0.25) is 9.69 Å². The lowest BCUT2D eigenvalue weighted by Gasteiger charge is -2.47. The standard InChI is InChI=1S/C32H34FN11O3/c1-20-15-42(10-11-44(20)25-17-46-18-25)24-5-3-23(4-6-24)38-32-36-19-35-30(39-32)21-2-7-28(22(12-21)13-34)47-29-8-9-43(16-26(29)33)31(45)27-14-37-41-40-27/h2-7,12,14,19-20,25-26,29H,8-11,15-18H2,1H3,(H,37,40,41)(H,35,36,38,39)/t20-,26+,29-/m0/s1. The van der Waals surface area contributed by atoms with Crippen molar-refractivity contribution in [3.05, 3.63) is 66.2 Å². The van der Waals surface area contributed by atoms with Crippen LogP contribution in [0.5, 0.6) is 5.75 Å². The maximum atomic E-state index is 15.1. The fourth-order valence-electron chi connectivity index (χ4n) is 6.23. The highest BCUT2D eigenvalue weighted by Gasteiger charge is 2.35. The molecule has 0 saturated carbocycles. The van der Waals surface area contributed by atoms with E-state index < -0.39 is 18.2 Å². The maximum absolute atomic E-state index is 15.1. The number of ether oxygens (including phenoxy) is 2. The van der Waals surface area contributed by atoms with E-state index in [9.17, 15) is 10.1 Å². The van der Waals surface area contributed by atoms with Gasteiger partial charge in [-0.2, -0.15) is 25.7 Å². The molecule has 2 aromatic heterocycles. The topological polar surface area (TPSA) is 161 Å². The molecule has 0 unspecified atom stereocenters. The van der Waals surface area contributed by atoms with Crippen molar-refractivity contribution < 1.29 is 18.7 Å². The smallest absolute Gasteiger partial charge is 0.276 e. The van der Waals surface area contributed by atoms with E-state index in [1.165, 1.54) is 23.1 Å². The first kappa shape index (κ1) is 30.5. The van der Waals surface area contributed by atoms with Gasteiger partial charge in [0.25, 0.3) is 5.91 Å². The molecule has 242 valence electrons. The lowest BCUT2D eigenvalue weighted by atomic mass is 10.0. The molecule has 14 nitrogen and oxygen atoms in total. The second-order valence-corrected chi connectivity index (χ2v) is 11.9. The Balaban J connectivity index is 0.972. The number of carbonyl (C=O) groups is 1. The summed E-state index contributed by atoms with van der Waals surface area (Å²) in [5, 5.41) is 22.9. The first-order valence-electron chi connectivity index (χ1n) is 15.6. The summed E-state index contributed by atoms with van der Waals surface area (Å²) in [7, 11) is 0. The van der Waals surface area contributed by atoms with Crippen molar-refractivity contribution in [3.63, 3.8) is 0 Å². The Bertz CT molecular complexity index is 1750. The third-order valence-corrected chi connectivity index (χ3v) is 8.87. The zero-order valence-corrected chi connectivity index (χ0v) is 25.8. The van der Waals surface area contributed by atoms with Crippen LogP contribution in [0.1, 0.15) is 29.4 Å². The number of halogens is 1. The van der Waals surface area contributed by atoms with Gasteiger partial charge in [0.2, 0.25) is 5.95 Å². The van der Waals surface area contributed by atoms with Gasteiger partial charge in [-0.25, -0.2) is 14.4 Å². The van der Waals surface area contributed by atoms with Gasteiger partial charge >= 0.3 is 0 Å². The fourth-order valence-corrected chi connectivity index (χ4v) is 6.23. The number of carbonyl (C=O) groups excluding carboxylic acids is 1. The van der Waals surface area contributed by atoms with Crippen LogP contribution < -0.4 is 15.0 Å². The number of nitrogens with one attached hydrogen (secondary N) is 2. The molecule has 3 aliphatic rings. The molecule has 47 heavy (non-hydrogen) atoms. The third-order valence-electron chi connectivity index (χ3n) is 8.87. The van der Waals surface area contributed by atoms with E-state index in [1.807, 2.05) is 12.1 Å². The van der Waals surface area contributed by atoms with Gasteiger partial charge in [-0.1, -0.05) is 0 Å². The minimum atomic E-state index is -1.45. The number of hydrogen-bond donors (Lipinski definition) is 2. The van der Waals surface area contributed by atoms with Crippen molar-refractivity contribution in [2.45, 2.75) is 37.7 Å². The molecule has 15 heteroatoms. The molecule has 7 rings (SSSR count). The zero-order chi connectivity index (χ0) is 32.3. The molecule has 4 aromatic rings. The molecule has 2 N–H and O–H groups in total. The van der Waals surface area contributed by atoms with Crippen LogP contribution in [0.4, 0.5) is 21.7 Å². The molecule has 3 fully saturated rings. The molecule has 2 aromatic carbocycles. The highest BCUT2D eigenvalue weighted by Crippen LogP contribution is 2.29. The number of H-pyrrole nitrogens is 1. The second-order valence-electron chi connectivity index (χ2n) is 11.9. The number of piperazine rings is 1. The molecule has 3 aliphatic heterocycles. The minimum Gasteiger partial charge on any atom is -0.486 e. The number of aromatic nitrogens is 6. The maximum Gasteiger partial charge on any atom is 0.276 e. The molecular weight excluding hydrogens is 605 g/mol. The van der Waals surface area contributed by atoms with Crippen molar-refractivity contribution in [1.29, 1.82) is 5.26 Å². The zero-order valence-electron chi connectivity index (χ0n) is 25.8. The predicted molar refractivity (Wildman–Crippen MR) is 169 cm³/mol. The number of likely N-dealkylation sites (tertiary alicyclic amines) is 1. The van der Waals surface area contributed by atoms with Crippen molar-refractivity contribution in [2.75, 3.05) is 56.2 Å². The highest BCUT2D eigenvalue weighted by molar-refractivity contribution is 5.92. The number of hydrogen-bond acceptors (Lipinski definition) is 12. The Morgan fingerprint density at radius 1 is 1.13 bits per heavy atom. The average molecular weight is 640 g/mol. The third kappa shape index (κ3) is 6.56. The van der Waals surface area contributed by atoms with Gasteiger partial charge in [0.1, 0.15) is 24.3 Å². The van der Waals surface area contributed by atoms with Crippen LogP contribution in [0.2, 0.25) is 0 Å². The van der Waals surface area contributed by atoms with Crippen molar-refractivity contribution >= 4 is 23.2 Å². The van der Waals surface area contributed by atoms with Crippen LogP contribution in [0.3, 0.4) is 0 Å². The lowest BCUT2D eigenvalue weighted by Crippen LogP contribution is -2.60. The summed E-state index contributed by atoms with van der Waals surface area (Å²) in [5.41, 5.74) is 2.93. The average Bonchev–Trinajstić information content (AvgIpc) is 3.61. The molecule has 0 radical (unpaired) electrons. The Morgan fingerprint density at radius 3 is 2.68 bits per heavy atom. The lowest BCUT2D eigenvalue weighted by molar-refractivity contribution is -0.0792. The van der Waals surface area contributed by atoms with Crippen LogP contribution in [0.25, 0.3) is 11.4 Å². The fraction of sp³-hybridized carbons (Fsp3) is 0.406. The summed E-state index contributed by atoms with van der Waals surface area (Å²) in [6.07, 6.45) is 0.707. The summed E-state index contributed by atoms with van der Waals surface area (Å²) in [5.74, 6) is 0.581. The number of benzene rings is 2. The van der Waals surface area contributed by atoms with Crippen molar-refractivity contribution in [2.24, 2.45) is 0 Å². The Morgan fingerprint density at radius 2 is 1.98 bits per heavy atom. The van der Waals surface area contributed by atoms with Gasteiger partial charge in [0.05, 0.1) is 37.6 Å². The number of amides is 1. The van der Waals surface area contributed by atoms with Crippen molar-refractivity contribution in [1.82, 2.24) is 40.2 Å².